The van der Waals surface area contributed by atoms with E-state index >= 15 is 0 Å². The highest BCUT2D eigenvalue weighted by Crippen LogP contribution is 2.33. The molecule has 1 fully saturated rings. The van der Waals surface area contributed by atoms with Gasteiger partial charge in [-0.3, -0.25) is 13.9 Å². The molecule has 1 aliphatic carbocycles. The Morgan fingerprint density at radius 1 is 0.929 bits per heavy atom. The lowest BCUT2D eigenvalue weighted by Gasteiger charge is -2.33. The largest absolute Gasteiger partial charge is 0.492 e. The van der Waals surface area contributed by atoms with Crippen LogP contribution < -0.4 is 14.4 Å². The molecule has 0 spiro atoms. The normalized spacial score (nSPS) is 14.3. The summed E-state index contributed by atoms with van der Waals surface area (Å²) in [5.41, 5.74) is 3.09. The van der Waals surface area contributed by atoms with Crippen molar-refractivity contribution in [3.05, 3.63) is 89.5 Å². The van der Waals surface area contributed by atoms with Gasteiger partial charge in [0.1, 0.15) is 18.3 Å². The molecule has 1 atom stereocenters. The Balaban J connectivity index is 1.72. The summed E-state index contributed by atoms with van der Waals surface area (Å²) in [5, 5.41) is 3.10. The minimum atomic E-state index is -4.18. The lowest BCUT2D eigenvalue weighted by molar-refractivity contribution is -0.139. The van der Waals surface area contributed by atoms with E-state index in [9.17, 15) is 18.0 Å². The average Bonchev–Trinajstić information content (AvgIpc) is 3.49. The number of aryl methyl sites for hydroxylation is 2. The summed E-state index contributed by atoms with van der Waals surface area (Å²) in [6.45, 7) is 7.34. The van der Waals surface area contributed by atoms with Gasteiger partial charge in [-0.25, -0.2) is 8.42 Å². The molecule has 0 bridgehead atoms. The molecular formula is C33H41N3O5S. The number of para-hydroxylation sites is 2. The van der Waals surface area contributed by atoms with Gasteiger partial charge in [0, 0.05) is 12.6 Å². The molecule has 0 saturated heterocycles. The minimum Gasteiger partial charge on any atom is -0.492 e. The number of sulfonamides is 1. The highest BCUT2D eigenvalue weighted by Gasteiger charge is 2.34. The number of amides is 2. The lowest BCUT2D eigenvalue weighted by atomic mass is 10.1. The standard InChI is InChI=1S/C33H41N3O5S/c1-5-41-31-13-9-8-12-30(31)36(42(39,40)29-20-16-25(3)17-21-29)23-32(37)35(22-27-18-14-24(2)15-19-27)26(4)33(38)34-28-10-6-7-11-28/h8-9,12-21,26,28H,5-7,10-11,22-23H2,1-4H3,(H,34,38). The van der Waals surface area contributed by atoms with Crippen LogP contribution in [0.15, 0.2) is 77.7 Å². The van der Waals surface area contributed by atoms with Crippen molar-refractivity contribution >= 4 is 27.5 Å². The number of hydrogen-bond acceptors (Lipinski definition) is 5. The van der Waals surface area contributed by atoms with E-state index in [1.807, 2.05) is 45.0 Å². The minimum absolute atomic E-state index is 0.0595. The van der Waals surface area contributed by atoms with Gasteiger partial charge in [-0.05, 0) is 70.4 Å². The summed E-state index contributed by atoms with van der Waals surface area (Å²) in [6.07, 6.45) is 3.97. The summed E-state index contributed by atoms with van der Waals surface area (Å²) < 4.78 is 35.1. The first-order chi connectivity index (χ1) is 20.1. The number of benzene rings is 3. The Bertz CT molecular complexity index is 1470. The molecule has 42 heavy (non-hydrogen) atoms. The average molecular weight is 592 g/mol. The molecule has 224 valence electrons. The first kappa shape index (κ1) is 31.1. The van der Waals surface area contributed by atoms with Crippen molar-refractivity contribution in [1.82, 2.24) is 10.2 Å². The van der Waals surface area contributed by atoms with Gasteiger partial charge in [0.15, 0.2) is 0 Å². The molecule has 0 aromatic heterocycles. The SMILES string of the molecule is CCOc1ccccc1N(CC(=O)N(Cc1ccc(C)cc1)C(C)C(=O)NC1CCCC1)S(=O)(=O)c1ccc(C)cc1. The molecule has 3 aromatic carbocycles. The van der Waals surface area contributed by atoms with Gasteiger partial charge >= 0.3 is 0 Å². The molecule has 4 rings (SSSR count). The van der Waals surface area contributed by atoms with Crippen molar-refractivity contribution in [2.45, 2.75) is 76.9 Å². The van der Waals surface area contributed by atoms with E-state index in [2.05, 4.69) is 5.32 Å². The van der Waals surface area contributed by atoms with Gasteiger partial charge in [-0.2, -0.15) is 0 Å². The van der Waals surface area contributed by atoms with Crippen LogP contribution in [-0.4, -0.2) is 50.4 Å². The molecule has 0 aliphatic heterocycles. The number of nitrogens with one attached hydrogen (secondary N) is 1. The van der Waals surface area contributed by atoms with E-state index in [4.69, 9.17) is 4.74 Å². The highest BCUT2D eigenvalue weighted by molar-refractivity contribution is 7.92. The second kappa shape index (κ2) is 13.9. The fourth-order valence-electron chi connectivity index (χ4n) is 5.16. The molecule has 0 heterocycles. The van der Waals surface area contributed by atoms with Gasteiger partial charge in [0.2, 0.25) is 11.8 Å². The van der Waals surface area contributed by atoms with Gasteiger partial charge in [0.05, 0.1) is 17.2 Å². The van der Waals surface area contributed by atoms with Crippen LogP contribution in [0.3, 0.4) is 0 Å². The summed E-state index contributed by atoms with van der Waals surface area (Å²) in [6, 6.07) is 20.3. The molecule has 1 saturated carbocycles. The first-order valence-electron chi connectivity index (χ1n) is 14.6. The van der Waals surface area contributed by atoms with Crippen molar-refractivity contribution in [3.8, 4) is 5.75 Å². The van der Waals surface area contributed by atoms with Crippen molar-refractivity contribution in [2.24, 2.45) is 0 Å². The van der Waals surface area contributed by atoms with Crippen LogP contribution in [0.1, 0.15) is 56.2 Å². The fourth-order valence-corrected chi connectivity index (χ4v) is 6.58. The topological polar surface area (TPSA) is 96.0 Å². The number of anilines is 1. The van der Waals surface area contributed by atoms with Crippen LogP contribution in [-0.2, 0) is 26.2 Å². The Labute approximate surface area is 249 Å². The zero-order chi connectivity index (χ0) is 30.3. The summed E-state index contributed by atoms with van der Waals surface area (Å²) >= 11 is 0. The predicted molar refractivity (Wildman–Crippen MR) is 165 cm³/mol. The number of hydrogen-bond donors (Lipinski definition) is 1. The third-order valence-corrected chi connectivity index (χ3v) is 9.44. The zero-order valence-electron chi connectivity index (χ0n) is 24.9. The van der Waals surface area contributed by atoms with Gasteiger partial charge in [0.25, 0.3) is 10.0 Å². The maximum atomic E-state index is 14.2. The molecule has 3 aromatic rings. The number of carbonyl (C=O) groups is 2. The second-order valence-electron chi connectivity index (χ2n) is 10.9. The molecule has 2 amide bonds. The maximum absolute atomic E-state index is 14.2. The van der Waals surface area contributed by atoms with Crippen molar-refractivity contribution in [2.75, 3.05) is 17.5 Å². The van der Waals surface area contributed by atoms with Crippen LogP contribution in [0.5, 0.6) is 5.75 Å². The fraction of sp³-hybridized carbons (Fsp3) is 0.394. The Morgan fingerprint density at radius 2 is 1.52 bits per heavy atom. The van der Waals surface area contributed by atoms with E-state index in [1.165, 1.54) is 17.0 Å². The molecule has 0 radical (unpaired) electrons. The number of ether oxygens (including phenoxy) is 1. The van der Waals surface area contributed by atoms with Crippen molar-refractivity contribution in [1.29, 1.82) is 0 Å². The van der Waals surface area contributed by atoms with E-state index in [-0.39, 0.29) is 29.1 Å². The number of nitrogens with zero attached hydrogens (tertiary/aromatic N) is 2. The van der Waals surface area contributed by atoms with Crippen LogP contribution in [0.2, 0.25) is 0 Å². The summed E-state index contributed by atoms with van der Waals surface area (Å²) in [5.74, 6) is -0.391. The van der Waals surface area contributed by atoms with Gasteiger partial charge in [-0.15, -0.1) is 0 Å². The first-order valence-corrected chi connectivity index (χ1v) is 16.0. The lowest BCUT2D eigenvalue weighted by Crippen LogP contribution is -2.52. The highest BCUT2D eigenvalue weighted by atomic mass is 32.2. The van der Waals surface area contributed by atoms with Crippen LogP contribution >= 0.6 is 0 Å². The van der Waals surface area contributed by atoms with E-state index in [1.54, 1.807) is 43.3 Å². The monoisotopic (exact) mass is 591 g/mol. The quantitative estimate of drug-likeness (QED) is 0.305. The third-order valence-electron chi connectivity index (χ3n) is 7.66. The predicted octanol–water partition coefficient (Wildman–Crippen LogP) is 5.37. The Hall–Kier alpha value is -3.85. The number of carbonyl (C=O) groups excluding carboxylic acids is 2. The van der Waals surface area contributed by atoms with E-state index in [0.717, 1.165) is 46.7 Å². The molecular weight excluding hydrogens is 550 g/mol. The second-order valence-corrected chi connectivity index (χ2v) is 12.8. The smallest absolute Gasteiger partial charge is 0.264 e. The maximum Gasteiger partial charge on any atom is 0.264 e. The van der Waals surface area contributed by atoms with Crippen molar-refractivity contribution in [3.63, 3.8) is 0 Å². The van der Waals surface area contributed by atoms with Crippen LogP contribution in [0, 0.1) is 13.8 Å². The van der Waals surface area contributed by atoms with Gasteiger partial charge < -0.3 is 15.0 Å². The van der Waals surface area contributed by atoms with Crippen LogP contribution in [0.25, 0.3) is 0 Å². The molecule has 1 unspecified atom stereocenters. The van der Waals surface area contributed by atoms with Crippen LogP contribution in [0.4, 0.5) is 5.69 Å². The molecule has 1 aliphatic rings. The Morgan fingerprint density at radius 3 is 2.14 bits per heavy atom. The molecule has 9 heteroatoms. The number of rotatable bonds is 12. The summed E-state index contributed by atoms with van der Waals surface area (Å²) in [4.78, 5) is 29.1. The van der Waals surface area contributed by atoms with E-state index < -0.39 is 28.5 Å². The van der Waals surface area contributed by atoms with E-state index in [0.29, 0.717) is 12.4 Å². The van der Waals surface area contributed by atoms with Crippen molar-refractivity contribution < 1.29 is 22.7 Å². The molecule has 8 nitrogen and oxygen atoms in total. The third kappa shape index (κ3) is 7.50. The Kier molecular flexibility index (Phi) is 10.3. The summed E-state index contributed by atoms with van der Waals surface area (Å²) in [7, 11) is -4.18. The zero-order valence-corrected chi connectivity index (χ0v) is 25.7. The molecule has 1 N–H and O–H groups in total. The van der Waals surface area contributed by atoms with Gasteiger partial charge in [-0.1, -0.05) is 72.5 Å².